The molecule has 438 valence electrons. The molecule has 0 saturated carbocycles. The van der Waals surface area contributed by atoms with E-state index in [-0.39, 0.29) is 67.4 Å². The number of fused-ring (bicyclic) bond motifs is 4. The van der Waals surface area contributed by atoms with Gasteiger partial charge in [0.05, 0.1) is 0 Å². The maximum atomic E-state index is 7.25. The Hall–Kier alpha value is -7.20. The summed E-state index contributed by atoms with van der Waals surface area (Å²) >= 11 is 0. The number of aromatic nitrogens is 2. The molecule has 6 heteroatoms. The first kappa shape index (κ1) is 62.3. The summed E-state index contributed by atoms with van der Waals surface area (Å²) in [7, 11) is 0. The maximum absolute atomic E-state index is 7.25. The van der Waals surface area contributed by atoms with Crippen molar-refractivity contribution in [2.45, 2.75) is 157 Å². The van der Waals surface area contributed by atoms with Crippen molar-refractivity contribution < 1.29 is 25.8 Å². The van der Waals surface area contributed by atoms with Crippen LogP contribution < -0.4 is 14.5 Å². The minimum atomic E-state index is -0.318. The molecule has 0 bridgehead atoms. The topological polar surface area (TPSA) is 33.5 Å². The fourth-order valence-corrected chi connectivity index (χ4v) is 12.4. The number of nitrogens with zero attached hydrogens (tertiary/aromatic N) is 4. The van der Waals surface area contributed by atoms with Crippen molar-refractivity contribution >= 4 is 44.6 Å². The van der Waals surface area contributed by atoms with Gasteiger partial charge in [0.2, 0.25) is 0 Å². The molecule has 3 heterocycles. The summed E-state index contributed by atoms with van der Waals surface area (Å²) in [5.41, 5.74) is 18.9. The third-order valence-electron chi connectivity index (χ3n) is 17.5. The van der Waals surface area contributed by atoms with Gasteiger partial charge < -0.3 is 26.5 Å². The number of anilines is 4. The molecule has 1 aliphatic heterocycles. The van der Waals surface area contributed by atoms with Gasteiger partial charge in [-0.3, -0.25) is 0 Å². The van der Waals surface area contributed by atoms with E-state index in [1.807, 2.05) is 6.20 Å². The van der Waals surface area contributed by atoms with E-state index in [2.05, 4.69) is 321 Å². The van der Waals surface area contributed by atoms with Crippen molar-refractivity contribution in [3.05, 3.63) is 252 Å². The van der Waals surface area contributed by atoms with Gasteiger partial charge in [-0.2, -0.15) is 6.07 Å². The molecule has 2 aromatic heterocycles. The zero-order chi connectivity index (χ0) is 59.1. The van der Waals surface area contributed by atoms with Crippen LogP contribution in [-0.4, -0.2) is 9.55 Å². The Balaban J connectivity index is 0.00000432. The van der Waals surface area contributed by atoms with Crippen LogP contribution >= 0.6 is 0 Å². The molecule has 0 N–H and O–H groups in total. The molecule has 0 spiro atoms. The molecule has 0 amide bonds. The smallest absolute Gasteiger partial charge is 0.509 e. The summed E-state index contributed by atoms with van der Waals surface area (Å²) in [6.07, 6.45) is 1.93. The van der Waals surface area contributed by atoms with Crippen LogP contribution in [0, 0.1) is 26.2 Å². The predicted molar refractivity (Wildman–Crippen MR) is 357 cm³/mol. The molecular weight excluding hydrogens is 1220 g/mol. The van der Waals surface area contributed by atoms with Gasteiger partial charge in [-0.05, 0) is 132 Å². The van der Waals surface area contributed by atoms with Crippen LogP contribution in [0.4, 0.5) is 22.7 Å². The Morgan fingerprint density at radius 1 is 0.471 bits per heavy atom. The fraction of sp³-hybridized carbons (Fsp3) is 0.304. The van der Waals surface area contributed by atoms with Crippen LogP contribution in [0.1, 0.15) is 180 Å². The first-order valence-corrected chi connectivity index (χ1v) is 29.9. The molecule has 0 saturated heterocycles. The van der Waals surface area contributed by atoms with E-state index in [1.54, 1.807) is 0 Å². The van der Waals surface area contributed by atoms with E-state index in [9.17, 15) is 0 Å². The van der Waals surface area contributed by atoms with Gasteiger partial charge in [-0.1, -0.05) is 226 Å². The molecule has 0 unspecified atom stereocenters. The van der Waals surface area contributed by atoms with Crippen LogP contribution in [-0.2, 0) is 48.1 Å². The van der Waals surface area contributed by atoms with Crippen molar-refractivity contribution in [3.63, 3.8) is 0 Å². The Morgan fingerprint density at radius 2 is 1.01 bits per heavy atom. The number of hydrogen-bond donors (Lipinski definition) is 0. The summed E-state index contributed by atoms with van der Waals surface area (Å²) < 4.78 is 9.48. The fourth-order valence-electron chi connectivity index (χ4n) is 12.4. The SMILES string of the molecule is CC(C)c1cccc(C(C)C)c1-c1cc(Oc2[c-]c3c(cc2)c2ccccc2n3-c2cc(C(C)(C)C)ccn2)[c-]c(N2[CH-]N(c3cc(C(C)(C)c4ccccc4)cc(C(C)(C)c4ccccc4)c3)c3cc(C(C)(C)C)c(C(C)(C)C)cc32)c1.[CH3-].[Pt+4]. The quantitative estimate of drug-likeness (QED) is 0.114. The zero-order valence-electron chi connectivity index (χ0n) is 53.5. The van der Waals surface area contributed by atoms with Crippen molar-refractivity contribution in [1.82, 2.24) is 9.55 Å². The second-order valence-corrected chi connectivity index (χ2v) is 27.9. The average molecular weight is 1300 g/mol. The molecule has 0 atom stereocenters. The summed E-state index contributed by atoms with van der Waals surface area (Å²) in [6, 6.07) is 70.4. The molecule has 5 nitrogen and oxygen atoms in total. The van der Waals surface area contributed by atoms with Gasteiger partial charge in [0, 0.05) is 51.1 Å². The van der Waals surface area contributed by atoms with E-state index < -0.39 is 0 Å². The van der Waals surface area contributed by atoms with Gasteiger partial charge in [-0.15, -0.1) is 53.6 Å². The first-order valence-electron chi connectivity index (χ1n) is 29.9. The van der Waals surface area contributed by atoms with Crippen molar-refractivity contribution in [1.29, 1.82) is 0 Å². The maximum Gasteiger partial charge on any atom is 4.00 e. The van der Waals surface area contributed by atoms with Gasteiger partial charge in [0.15, 0.2) is 0 Å². The van der Waals surface area contributed by atoms with Gasteiger partial charge >= 0.3 is 21.1 Å². The Kier molecular flexibility index (Phi) is 17.0. The molecule has 85 heavy (non-hydrogen) atoms. The largest absolute Gasteiger partial charge is 4.00 e. The van der Waals surface area contributed by atoms with Gasteiger partial charge in [0.25, 0.3) is 0 Å². The molecule has 8 aromatic carbocycles. The third-order valence-corrected chi connectivity index (χ3v) is 17.5. The molecule has 1 aliphatic rings. The molecule has 11 rings (SSSR count). The second kappa shape index (κ2) is 23.2. The Bertz CT molecular complexity index is 3950. The normalized spacial score (nSPS) is 13.2. The van der Waals surface area contributed by atoms with Crippen molar-refractivity contribution in [2.24, 2.45) is 0 Å². The Labute approximate surface area is 523 Å². The van der Waals surface area contributed by atoms with Crippen LogP contribution in [0.3, 0.4) is 0 Å². The van der Waals surface area contributed by atoms with E-state index >= 15 is 0 Å². The number of rotatable bonds is 12. The number of ether oxygens (including phenoxy) is 1. The van der Waals surface area contributed by atoms with Gasteiger partial charge in [0.1, 0.15) is 5.82 Å². The van der Waals surface area contributed by atoms with E-state index in [1.165, 1.54) is 55.6 Å². The summed E-state index contributed by atoms with van der Waals surface area (Å²) in [4.78, 5) is 9.80. The Morgan fingerprint density at radius 3 is 1.55 bits per heavy atom. The molecule has 0 aliphatic carbocycles. The number of benzene rings is 8. The molecule has 0 radical (unpaired) electrons. The summed E-state index contributed by atoms with van der Waals surface area (Å²) in [6.45, 7) is 41.8. The van der Waals surface area contributed by atoms with E-state index in [4.69, 9.17) is 9.72 Å². The minimum absolute atomic E-state index is 0. The number of hydrogen-bond acceptors (Lipinski definition) is 4. The predicted octanol–water partition coefficient (Wildman–Crippen LogP) is 21.9. The van der Waals surface area contributed by atoms with E-state index in [0.717, 1.165) is 55.9 Å². The van der Waals surface area contributed by atoms with E-state index in [0.29, 0.717) is 11.5 Å². The monoisotopic (exact) mass is 1300 g/mol. The number of pyridine rings is 1. The molecule has 10 aromatic rings. The zero-order valence-corrected chi connectivity index (χ0v) is 55.8. The van der Waals surface area contributed by atoms with Gasteiger partial charge in [-0.25, -0.2) is 4.98 Å². The van der Waals surface area contributed by atoms with Crippen molar-refractivity contribution in [2.75, 3.05) is 9.80 Å². The second-order valence-electron chi connectivity index (χ2n) is 27.9. The summed E-state index contributed by atoms with van der Waals surface area (Å²) in [5.74, 6) is 2.58. The van der Waals surface area contributed by atoms with Crippen LogP contribution in [0.2, 0.25) is 0 Å². The van der Waals surface area contributed by atoms with Crippen LogP contribution in [0.15, 0.2) is 176 Å². The minimum Gasteiger partial charge on any atom is -0.509 e. The first-order chi connectivity index (χ1) is 39.2. The van der Waals surface area contributed by atoms with Crippen LogP contribution in [0.5, 0.6) is 11.5 Å². The third kappa shape index (κ3) is 11.8. The standard InChI is InChI=1S/C78H83N4O.CH3.Pt/c1-50(2)62-32-26-33-63(51(3)4)73(62)52-39-58(45-61(40-52)83-60-35-36-65-64-31-24-25-34-68(64)82(69(65)46-60)72-44-55(37-38-79-72)74(5,6)7)80-49-81(71-48-67(76(11,12)13)66(47-70(71)80)75(8,9)10)59-42-56(77(14,15)53-27-20-18-21-28-53)41-57(43-59)78(16,17)54-29-22-19-23-30-54;;/h18-44,47-51H,1-17H3;1H3;/q-3;-1;+4. The van der Waals surface area contributed by atoms with Crippen LogP contribution in [0.25, 0.3) is 38.8 Å². The molecule has 0 fully saturated rings. The number of para-hydroxylation sites is 1. The summed E-state index contributed by atoms with van der Waals surface area (Å²) in [5, 5.41) is 2.22. The van der Waals surface area contributed by atoms with Crippen molar-refractivity contribution in [3.8, 4) is 28.4 Å². The molecular formula is C79H86N4OPt. The average Bonchev–Trinajstić information content (AvgIpc) is 2.04.